The lowest BCUT2D eigenvalue weighted by Crippen LogP contribution is -1.92. The smallest absolute Gasteiger partial charge is 0.210 e. The van der Waals surface area contributed by atoms with Crippen molar-refractivity contribution in [3.05, 3.63) is 47.2 Å². The zero-order valence-corrected chi connectivity index (χ0v) is 11.6. The lowest BCUT2D eigenvalue weighted by Gasteiger charge is -1.98. The summed E-state index contributed by atoms with van der Waals surface area (Å²) in [4.78, 5) is 5.72. The molecule has 2 N–H and O–H groups in total. The summed E-state index contributed by atoms with van der Waals surface area (Å²) in [5, 5.41) is 5.26. The molecule has 1 aromatic carbocycles. The van der Waals surface area contributed by atoms with Crippen molar-refractivity contribution >= 4 is 17.0 Å². The minimum atomic E-state index is 0.756. The molecule has 0 saturated heterocycles. The summed E-state index contributed by atoms with van der Waals surface area (Å²) in [7, 11) is 0. The summed E-state index contributed by atoms with van der Waals surface area (Å²) >= 11 is 1.64. The van der Waals surface area contributed by atoms with Gasteiger partial charge in [0.2, 0.25) is 5.13 Å². The van der Waals surface area contributed by atoms with E-state index in [1.165, 1.54) is 4.88 Å². The molecule has 0 saturated carbocycles. The van der Waals surface area contributed by atoms with E-state index >= 15 is 0 Å². The number of rotatable bonds is 2. The highest BCUT2D eigenvalue weighted by Crippen LogP contribution is 2.24. The van der Waals surface area contributed by atoms with E-state index in [2.05, 4.69) is 17.0 Å². The fourth-order valence-corrected chi connectivity index (χ4v) is 2.69. The number of nitrogens with zero attached hydrogens (tertiary/aromatic N) is 3. The first kappa shape index (κ1) is 11.9. The van der Waals surface area contributed by atoms with Crippen LogP contribution in [0.4, 0.5) is 5.69 Å². The largest absolute Gasteiger partial charge is 0.399 e. The number of benzene rings is 1. The summed E-state index contributed by atoms with van der Waals surface area (Å²) in [6.45, 7) is 4.08. The summed E-state index contributed by atoms with van der Waals surface area (Å²) in [6.07, 6.45) is 3.81. The molecule has 0 fully saturated rings. The third kappa shape index (κ3) is 2.24. The van der Waals surface area contributed by atoms with Crippen LogP contribution in [0, 0.1) is 13.8 Å². The van der Waals surface area contributed by atoms with Gasteiger partial charge in [0.05, 0.1) is 11.9 Å². The van der Waals surface area contributed by atoms with Crippen LogP contribution in [-0.2, 0) is 0 Å². The molecule has 0 amide bonds. The Kier molecular flexibility index (Phi) is 2.83. The van der Waals surface area contributed by atoms with Crippen LogP contribution in [0.25, 0.3) is 16.3 Å². The lowest BCUT2D eigenvalue weighted by molar-refractivity contribution is 0.865. The van der Waals surface area contributed by atoms with Crippen molar-refractivity contribution in [2.75, 3.05) is 5.73 Å². The Labute approximate surface area is 115 Å². The molecule has 2 heterocycles. The highest BCUT2D eigenvalue weighted by Gasteiger charge is 2.08. The molecule has 19 heavy (non-hydrogen) atoms. The van der Waals surface area contributed by atoms with Crippen LogP contribution in [0.15, 0.2) is 36.7 Å². The minimum absolute atomic E-state index is 0.756. The Balaban J connectivity index is 1.99. The first-order chi connectivity index (χ1) is 9.13. The van der Waals surface area contributed by atoms with Gasteiger partial charge in [-0.1, -0.05) is 23.5 Å². The Morgan fingerprint density at radius 2 is 2.05 bits per heavy atom. The summed E-state index contributed by atoms with van der Waals surface area (Å²) in [6, 6.07) is 7.79. The average Bonchev–Trinajstić information content (AvgIpc) is 2.97. The van der Waals surface area contributed by atoms with E-state index in [0.717, 1.165) is 27.6 Å². The number of aryl methyl sites for hydroxylation is 2. The summed E-state index contributed by atoms with van der Waals surface area (Å²) in [5.74, 6) is 0. The molecule has 5 heteroatoms. The Bertz CT molecular complexity index is 707. The number of anilines is 1. The molecule has 0 radical (unpaired) electrons. The van der Waals surface area contributed by atoms with Crippen molar-refractivity contribution in [2.24, 2.45) is 0 Å². The molecule has 0 unspecified atom stereocenters. The molecular weight excluding hydrogens is 256 g/mol. The number of hydrogen-bond acceptors (Lipinski definition) is 4. The topological polar surface area (TPSA) is 56.7 Å². The van der Waals surface area contributed by atoms with E-state index in [1.54, 1.807) is 11.3 Å². The van der Waals surface area contributed by atoms with Crippen LogP contribution in [0.5, 0.6) is 0 Å². The molecular formula is C14H14N4S. The Morgan fingerprint density at radius 1 is 1.21 bits per heavy atom. The van der Waals surface area contributed by atoms with Crippen LogP contribution < -0.4 is 5.73 Å². The number of nitrogen functional groups attached to an aromatic ring is 1. The molecule has 3 rings (SSSR count). The van der Waals surface area contributed by atoms with E-state index in [0.29, 0.717) is 0 Å². The van der Waals surface area contributed by atoms with E-state index in [9.17, 15) is 0 Å². The van der Waals surface area contributed by atoms with Gasteiger partial charge in [0.25, 0.3) is 0 Å². The zero-order valence-electron chi connectivity index (χ0n) is 10.8. The molecule has 0 aliphatic carbocycles. The van der Waals surface area contributed by atoms with Gasteiger partial charge in [-0.15, -0.1) is 0 Å². The van der Waals surface area contributed by atoms with Crippen molar-refractivity contribution < 1.29 is 0 Å². The van der Waals surface area contributed by atoms with Gasteiger partial charge in [-0.25, -0.2) is 9.67 Å². The number of hydrogen-bond donors (Lipinski definition) is 1. The number of nitrogens with two attached hydrogens (primary N) is 1. The van der Waals surface area contributed by atoms with E-state index in [1.807, 2.05) is 48.3 Å². The van der Waals surface area contributed by atoms with E-state index in [4.69, 9.17) is 5.73 Å². The van der Waals surface area contributed by atoms with Crippen molar-refractivity contribution in [1.82, 2.24) is 14.8 Å². The zero-order chi connectivity index (χ0) is 13.4. The van der Waals surface area contributed by atoms with Gasteiger partial charge in [-0.05, 0) is 31.5 Å². The molecule has 0 aliphatic heterocycles. The molecule has 4 nitrogen and oxygen atoms in total. The maximum atomic E-state index is 5.80. The number of thiazole rings is 1. The summed E-state index contributed by atoms with van der Waals surface area (Å²) in [5.41, 5.74) is 9.72. The number of aromatic nitrogens is 3. The van der Waals surface area contributed by atoms with Crippen LogP contribution in [-0.4, -0.2) is 14.8 Å². The highest BCUT2D eigenvalue weighted by atomic mass is 32.1. The van der Waals surface area contributed by atoms with Crippen molar-refractivity contribution in [1.29, 1.82) is 0 Å². The van der Waals surface area contributed by atoms with Crippen LogP contribution in [0.2, 0.25) is 0 Å². The van der Waals surface area contributed by atoms with Crippen LogP contribution in [0.3, 0.4) is 0 Å². The van der Waals surface area contributed by atoms with Crippen molar-refractivity contribution in [3.63, 3.8) is 0 Å². The molecule has 0 bridgehead atoms. The highest BCUT2D eigenvalue weighted by molar-refractivity contribution is 7.14. The standard InChI is InChI=1S/C14H14N4S/c1-9-10(2)19-14(17-9)18-8-12(7-16-18)11-4-3-5-13(15)6-11/h3-8H,15H2,1-2H3. The lowest BCUT2D eigenvalue weighted by atomic mass is 10.1. The van der Waals surface area contributed by atoms with E-state index in [-0.39, 0.29) is 0 Å². The minimum Gasteiger partial charge on any atom is -0.399 e. The second-order valence-corrected chi connectivity index (χ2v) is 5.62. The average molecular weight is 270 g/mol. The fraction of sp³-hybridized carbons (Fsp3) is 0.143. The van der Waals surface area contributed by atoms with Crippen LogP contribution >= 0.6 is 11.3 Å². The molecule has 3 aromatic rings. The SMILES string of the molecule is Cc1nc(-n2cc(-c3cccc(N)c3)cn2)sc1C. The third-order valence-corrected chi connectivity index (χ3v) is 4.08. The van der Waals surface area contributed by atoms with Gasteiger partial charge < -0.3 is 5.73 Å². The quantitative estimate of drug-likeness (QED) is 0.727. The second kappa shape index (κ2) is 4.51. The van der Waals surface area contributed by atoms with Gasteiger partial charge in [0.15, 0.2) is 0 Å². The molecule has 0 aliphatic rings. The van der Waals surface area contributed by atoms with Gasteiger partial charge in [-0.3, -0.25) is 0 Å². The van der Waals surface area contributed by atoms with Gasteiger partial charge in [-0.2, -0.15) is 5.10 Å². The van der Waals surface area contributed by atoms with Crippen LogP contribution in [0.1, 0.15) is 10.6 Å². The predicted octanol–water partition coefficient (Wildman–Crippen LogP) is 3.19. The maximum absolute atomic E-state index is 5.80. The van der Waals surface area contributed by atoms with E-state index < -0.39 is 0 Å². The molecule has 0 spiro atoms. The molecule has 0 atom stereocenters. The summed E-state index contributed by atoms with van der Waals surface area (Å²) < 4.78 is 1.81. The third-order valence-electron chi connectivity index (χ3n) is 3.02. The Hall–Kier alpha value is -2.14. The van der Waals surface area contributed by atoms with Gasteiger partial charge in [0.1, 0.15) is 0 Å². The monoisotopic (exact) mass is 270 g/mol. The normalized spacial score (nSPS) is 10.8. The first-order valence-corrected chi connectivity index (χ1v) is 6.80. The van der Waals surface area contributed by atoms with Gasteiger partial charge in [0, 0.05) is 22.3 Å². The maximum Gasteiger partial charge on any atom is 0.210 e. The molecule has 96 valence electrons. The van der Waals surface area contributed by atoms with Crippen molar-refractivity contribution in [2.45, 2.75) is 13.8 Å². The second-order valence-electron chi connectivity index (χ2n) is 4.44. The molecule has 2 aromatic heterocycles. The van der Waals surface area contributed by atoms with Crippen molar-refractivity contribution in [3.8, 4) is 16.3 Å². The van der Waals surface area contributed by atoms with Gasteiger partial charge >= 0.3 is 0 Å². The first-order valence-electron chi connectivity index (χ1n) is 5.98. The predicted molar refractivity (Wildman–Crippen MR) is 78.6 cm³/mol. The fourth-order valence-electron chi connectivity index (χ4n) is 1.85. The Morgan fingerprint density at radius 3 is 2.74 bits per heavy atom.